The van der Waals surface area contributed by atoms with Crippen LogP contribution in [0, 0.1) is 0 Å². The predicted molar refractivity (Wildman–Crippen MR) is 113 cm³/mol. The smallest absolute Gasteiger partial charge is 0.246 e. The van der Waals surface area contributed by atoms with E-state index in [1.807, 2.05) is 90.8 Å². The summed E-state index contributed by atoms with van der Waals surface area (Å²) in [6, 6.07) is 24.9. The van der Waals surface area contributed by atoms with Crippen LogP contribution in [0.25, 0.3) is 0 Å². The molecule has 0 radical (unpaired) electrons. The fourth-order valence-corrected chi connectivity index (χ4v) is 3.54. The van der Waals surface area contributed by atoms with Gasteiger partial charge in [-0.3, -0.25) is 9.69 Å². The minimum atomic E-state index is -0.426. The molecule has 3 aromatic rings. The molecule has 1 heterocycles. The van der Waals surface area contributed by atoms with Gasteiger partial charge in [0.25, 0.3) is 0 Å². The van der Waals surface area contributed by atoms with E-state index in [9.17, 15) is 4.79 Å². The Kier molecular flexibility index (Phi) is 5.77. The van der Waals surface area contributed by atoms with Crippen LogP contribution in [0.15, 0.2) is 78.9 Å². The van der Waals surface area contributed by atoms with Gasteiger partial charge in [-0.05, 0) is 42.4 Å². The van der Waals surface area contributed by atoms with Crippen LogP contribution >= 0.6 is 0 Å². The van der Waals surface area contributed by atoms with Gasteiger partial charge in [-0.15, -0.1) is 0 Å². The van der Waals surface area contributed by atoms with E-state index in [0.717, 1.165) is 28.3 Å². The van der Waals surface area contributed by atoms with Gasteiger partial charge in [-0.2, -0.15) is 0 Å². The zero-order chi connectivity index (χ0) is 20.1. The number of fused-ring (bicyclic) bond motifs is 1. The number of anilines is 1. The van der Waals surface area contributed by atoms with Crippen LogP contribution in [0.3, 0.4) is 0 Å². The molecule has 148 valence electrons. The molecule has 1 amide bonds. The molecule has 5 heteroatoms. The summed E-state index contributed by atoms with van der Waals surface area (Å²) in [6.45, 7) is 1.72. The Labute approximate surface area is 170 Å². The molecule has 1 atom stereocenters. The third-order valence-corrected chi connectivity index (χ3v) is 4.88. The van der Waals surface area contributed by atoms with Crippen molar-refractivity contribution in [2.24, 2.45) is 0 Å². The topological polar surface area (TPSA) is 50.8 Å². The van der Waals surface area contributed by atoms with Crippen LogP contribution in [0.5, 0.6) is 11.5 Å². The van der Waals surface area contributed by atoms with E-state index >= 15 is 0 Å². The molecule has 0 aliphatic carbocycles. The first-order valence-corrected chi connectivity index (χ1v) is 9.70. The van der Waals surface area contributed by atoms with Crippen LogP contribution in [-0.2, 0) is 11.3 Å². The van der Waals surface area contributed by atoms with Crippen LogP contribution in [0.1, 0.15) is 17.2 Å². The molecule has 3 aromatic carbocycles. The summed E-state index contributed by atoms with van der Waals surface area (Å²) in [5.74, 6) is 1.46. The number of nitrogens with one attached hydrogen (secondary N) is 1. The SMILES string of the molecule is CN(Cc1ccc2c(c1)OCCO2)C(C(=O)Nc1ccccc1)c1ccccc1. The van der Waals surface area contributed by atoms with E-state index in [-0.39, 0.29) is 5.91 Å². The monoisotopic (exact) mass is 388 g/mol. The summed E-state index contributed by atoms with van der Waals surface area (Å²) in [4.78, 5) is 15.2. The number of benzene rings is 3. The number of rotatable bonds is 6. The van der Waals surface area contributed by atoms with Crippen molar-refractivity contribution in [2.45, 2.75) is 12.6 Å². The van der Waals surface area contributed by atoms with Crippen LogP contribution in [0.2, 0.25) is 0 Å². The lowest BCUT2D eigenvalue weighted by molar-refractivity contribution is -0.121. The van der Waals surface area contributed by atoms with Gasteiger partial charge in [0.2, 0.25) is 5.91 Å². The van der Waals surface area contributed by atoms with Gasteiger partial charge in [-0.25, -0.2) is 0 Å². The maximum Gasteiger partial charge on any atom is 0.246 e. The van der Waals surface area contributed by atoms with E-state index < -0.39 is 6.04 Å². The van der Waals surface area contributed by atoms with Crippen molar-refractivity contribution in [1.29, 1.82) is 0 Å². The Balaban J connectivity index is 1.56. The van der Waals surface area contributed by atoms with Crippen molar-refractivity contribution < 1.29 is 14.3 Å². The lowest BCUT2D eigenvalue weighted by atomic mass is 10.0. The number of carbonyl (C=O) groups is 1. The third-order valence-electron chi connectivity index (χ3n) is 4.88. The number of hydrogen-bond donors (Lipinski definition) is 1. The molecular weight excluding hydrogens is 364 g/mol. The fourth-order valence-electron chi connectivity index (χ4n) is 3.54. The molecule has 1 N–H and O–H groups in total. The Morgan fingerprint density at radius 1 is 0.931 bits per heavy atom. The molecule has 1 aliphatic rings. The molecule has 29 heavy (non-hydrogen) atoms. The number of amides is 1. The molecule has 5 nitrogen and oxygen atoms in total. The quantitative estimate of drug-likeness (QED) is 0.685. The average molecular weight is 388 g/mol. The molecule has 1 unspecified atom stereocenters. The average Bonchev–Trinajstić information content (AvgIpc) is 2.75. The van der Waals surface area contributed by atoms with E-state index in [2.05, 4.69) is 5.32 Å². The molecule has 0 fully saturated rings. The van der Waals surface area contributed by atoms with Crippen molar-refractivity contribution in [1.82, 2.24) is 4.90 Å². The summed E-state index contributed by atoms with van der Waals surface area (Å²) >= 11 is 0. The first kappa shape index (κ1) is 19.0. The first-order valence-electron chi connectivity index (χ1n) is 9.70. The van der Waals surface area contributed by atoms with E-state index in [4.69, 9.17) is 9.47 Å². The van der Waals surface area contributed by atoms with Crippen molar-refractivity contribution in [3.63, 3.8) is 0 Å². The summed E-state index contributed by atoms with van der Waals surface area (Å²) in [7, 11) is 1.96. The van der Waals surface area contributed by atoms with Gasteiger partial charge in [0.15, 0.2) is 11.5 Å². The minimum absolute atomic E-state index is 0.0672. The van der Waals surface area contributed by atoms with E-state index in [0.29, 0.717) is 19.8 Å². The number of nitrogens with zero attached hydrogens (tertiary/aromatic N) is 1. The summed E-state index contributed by atoms with van der Waals surface area (Å²) in [5.41, 5.74) is 2.79. The van der Waals surface area contributed by atoms with Crippen molar-refractivity contribution >= 4 is 11.6 Å². The highest BCUT2D eigenvalue weighted by molar-refractivity contribution is 5.95. The fraction of sp³-hybridized carbons (Fsp3) is 0.208. The Hall–Kier alpha value is -3.31. The van der Waals surface area contributed by atoms with E-state index in [1.54, 1.807) is 0 Å². The summed E-state index contributed by atoms with van der Waals surface area (Å²) in [5, 5.41) is 3.03. The van der Waals surface area contributed by atoms with Crippen molar-refractivity contribution in [3.8, 4) is 11.5 Å². The number of likely N-dealkylation sites (N-methyl/N-ethyl adjacent to an activating group) is 1. The molecule has 0 bridgehead atoms. The zero-order valence-corrected chi connectivity index (χ0v) is 16.4. The lowest BCUT2D eigenvalue weighted by Crippen LogP contribution is -2.34. The number of ether oxygens (including phenoxy) is 2. The minimum Gasteiger partial charge on any atom is -0.486 e. The van der Waals surface area contributed by atoms with Crippen molar-refractivity contribution in [3.05, 3.63) is 90.0 Å². The largest absolute Gasteiger partial charge is 0.486 e. The molecule has 0 saturated heterocycles. The predicted octanol–water partition coefficient (Wildman–Crippen LogP) is 4.27. The zero-order valence-electron chi connectivity index (χ0n) is 16.4. The van der Waals surface area contributed by atoms with Gasteiger partial charge >= 0.3 is 0 Å². The molecule has 0 aromatic heterocycles. The second-order valence-corrected chi connectivity index (χ2v) is 7.06. The number of carbonyl (C=O) groups excluding carboxylic acids is 1. The molecular formula is C24H24N2O3. The highest BCUT2D eigenvalue weighted by Gasteiger charge is 2.26. The van der Waals surface area contributed by atoms with Crippen LogP contribution in [-0.4, -0.2) is 31.1 Å². The van der Waals surface area contributed by atoms with Crippen LogP contribution in [0.4, 0.5) is 5.69 Å². The van der Waals surface area contributed by atoms with Gasteiger partial charge in [0.1, 0.15) is 19.3 Å². The standard InChI is InChI=1S/C24H24N2O3/c1-26(17-18-12-13-21-22(16-18)29-15-14-28-21)23(19-8-4-2-5-9-19)24(27)25-20-10-6-3-7-11-20/h2-13,16,23H,14-15,17H2,1H3,(H,25,27). The molecule has 0 spiro atoms. The molecule has 4 rings (SSSR count). The second-order valence-electron chi connectivity index (χ2n) is 7.06. The summed E-state index contributed by atoms with van der Waals surface area (Å²) < 4.78 is 11.3. The Morgan fingerprint density at radius 2 is 1.59 bits per heavy atom. The molecule has 1 aliphatic heterocycles. The molecule has 0 saturated carbocycles. The van der Waals surface area contributed by atoms with E-state index in [1.165, 1.54) is 0 Å². The number of hydrogen-bond acceptors (Lipinski definition) is 4. The van der Waals surface area contributed by atoms with Gasteiger partial charge in [-0.1, -0.05) is 54.6 Å². The van der Waals surface area contributed by atoms with Gasteiger partial charge in [0, 0.05) is 12.2 Å². The highest BCUT2D eigenvalue weighted by Crippen LogP contribution is 2.32. The highest BCUT2D eigenvalue weighted by atomic mass is 16.6. The first-order chi connectivity index (χ1) is 14.2. The van der Waals surface area contributed by atoms with Gasteiger partial charge < -0.3 is 14.8 Å². The van der Waals surface area contributed by atoms with Crippen LogP contribution < -0.4 is 14.8 Å². The second kappa shape index (κ2) is 8.80. The Bertz CT molecular complexity index is 960. The maximum absolute atomic E-state index is 13.2. The van der Waals surface area contributed by atoms with Gasteiger partial charge in [0.05, 0.1) is 0 Å². The lowest BCUT2D eigenvalue weighted by Gasteiger charge is -2.28. The Morgan fingerprint density at radius 3 is 2.31 bits per heavy atom. The number of para-hydroxylation sites is 1. The summed E-state index contributed by atoms with van der Waals surface area (Å²) in [6.07, 6.45) is 0. The third kappa shape index (κ3) is 4.58. The van der Waals surface area contributed by atoms with Crippen molar-refractivity contribution in [2.75, 3.05) is 25.6 Å². The normalized spacial score (nSPS) is 13.7. The maximum atomic E-state index is 13.2.